The molecule has 1 fully saturated rings. The second-order valence-electron chi connectivity index (χ2n) is 12.4. The first-order valence-corrected chi connectivity index (χ1v) is 16.0. The molecule has 18 heteroatoms. The lowest BCUT2D eigenvalue weighted by Crippen LogP contribution is -2.62. The SMILES string of the molecule is CC[C@]1(N)C[C@H](c2ncc(N3CCC(C(=O)O)CC3)c(Cc3cc(C(F)(F)F)cc(C(F)(F)F)c3)n2)c2nc(OC)ccc2N1C(=O)OCCF. The Hall–Kier alpha value is -4.74. The summed E-state index contributed by atoms with van der Waals surface area (Å²) in [4.78, 5) is 41.5. The third kappa shape index (κ3) is 7.94. The van der Waals surface area contributed by atoms with E-state index in [-0.39, 0.29) is 79.2 Å². The van der Waals surface area contributed by atoms with Crippen molar-refractivity contribution in [3.8, 4) is 5.88 Å². The molecule has 11 nitrogen and oxygen atoms in total. The quantitative estimate of drug-likeness (QED) is 0.240. The van der Waals surface area contributed by atoms with Crippen molar-refractivity contribution in [3.63, 3.8) is 0 Å². The number of rotatable bonds is 9. The van der Waals surface area contributed by atoms with Crippen molar-refractivity contribution in [3.05, 3.63) is 70.4 Å². The van der Waals surface area contributed by atoms with Crippen LogP contribution in [0.3, 0.4) is 0 Å². The number of alkyl halides is 7. The number of carbonyl (C=O) groups is 2. The fourth-order valence-corrected chi connectivity index (χ4v) is 6.45. The number of hydrogen-bond acceptors (Lipinski definition) is 9. The van der Waals surface area contributed by atoms with Gasteiger partial charge in [0.25, 0.3) is 0 Å². The molecule has 0 unspecified atom stereocenters. The molecular formula is C33H35F7N6O5. The lowest BCUT2D eigenvalue weighted by atomic mass is 9.83. The highest BCUT2D eigenvalue weighted by Gasteiger charge is 2.47. The first-order valence-electron chi connectivity index (χ1n) is 16.0. The molecule has 1 amide bonds. The molecule has 2 aliphatic rings. The molecular weight excluding hydrogens is 693 g/mol. The molecule has 3 N–H and O–H groups in total. The lowest BCUT2D eigenvalue weighted by molar-refractivity contribution is -0.144. The van der Waals surface area contributed by atoms with Crippen LogP contribution in [0, 0.1) is 5.92 Å². The number of anilines is 2. The maximum atomic E-state index is 13.8. The minimum atomic E-state index is -5.08. The molecule has 0 bridgehead atoms. The van der Waals surface area contributed by atoms with Gasteiger partial charge in [0.1, 0.15) is 24.8 Å². The molecule has 2 aliphatic heterocycles. The van der Waals surface area contributed by atoms with E-state index < -0.39 is 72.7 Å². The number of fused-ring (bicyclic) bond motifs is 1. The number of methoxy groups -OCH3 is 1. The average Bonchev–Trinajstić information content (AvgIpc) is 3.09. The highest BCUT2D eigenvalue weighted by Crippen LogP contribution is 2.46. The Morgan fingerprint density at radius 3 is 2.22 bits per heavy atom. The lowest BCUT2D eigenvalue weighted by Gasteiger charge is -2.46. The van der Waals surface area contributed by atoms with Gasteiger partial charge in [-0.05, 0) is 55.5 Å². The molecule has 2 aromatic heterocycles. The van der Waals surface area contributed by atoms with Crippen LogP contribution in [0.15, 0.2) is 36.5 Å². The average molecular weight is 729 g/mol. The van der Waals surface area contributed by atoms with Gasteiger partial charge in [-0.3, -0.25) is 9.69 Å². The second kappa shape index (κ2) is 14.5. The van der Waals surface area contributed by atoms with E-state index in [0.29, 0.717) is 17.8 Å². The zero-order valence-corrected chi connectivity index (χ0v) is 27.5. The number of piperidine rings is 1. The third-order valence-electron chi connectivity index (χ3n) is 9.14. The Morgan fingerprint density at radius 1 is 1.02 bits per heavy atom. The Bertz CT molecular complexity index is 1730. The van der Waals surface area contributed by atoms with Crippen LogP contribution < -0.4 is 20.3 Å². The molecule has 0 saturated carbocycles. The van der Waals surface area contributed by atoms with E-state index in [4.69, 9.17) is 20.2 Å². The number of carbonyl (C=O) groups excluding carboxylic acids is 1. The molecule has 0 spiro atoms. The van der Waals surface area contributed by atoms with Crippen LogP contribution in [0.25, 0.3) is 0 Å². The summed E-state index contributed by atoms with van der Waals surface area (Å²) >= 11 is 0. The Labute approximate surface area is 287 Å². The number of hydrogen-bond donors (Lipinski definition) is 2. The van der Waals surface area contributed by atoms with E-state index in [9.17, 15) is 45.4 Å². The number of nitrogens with two attached hydrogens (primary N) is 1. The van der Waals surface area contributed by atoms with Crippen molar-refractivity contribution in [1.29, 1.82) is 0 Å². The molecule has 0 radical (unpaired) electrons. The number of pyridine rings is 1. The number of aromatic nitrogens is 3. The van der Waals surface area contributed by atoms with Crippen LogP contribution >= 0.6 is 0 Å². The summed E-state index contributed by atoms with van der Waals surface area (Å²) in [5.74, 6) is -2.29. The van der Waals surface area contributed by atoms with Crippen molar-refractivity contribution in [2.75, 3.05) is 43.3 Å². The molecule has 1 aromatic carbocycles. The van der Waals surface area contributed by atoms with Crippen molar-refractivity contribution < 1.29 is 54.9 Å². The largest absolute Gasteiger partial charge is 0.481 e. The number of carboxylic acids is 1. The normalized spacial score (nSPS) is 19.8. The maximum Gasteiger partial charge on any atom is 0.416 e. The summed E-state index contributed by atoms with van der Waals surface area (Å²) < 4.78 is 106. The molecule has 2 atom stereocenters. The van der Waals surface area contributed by atoms with E-state index in [1.807, 2.05) is 0 Å². The highest BCUT2D eigenvalue weighted by molar-refractivity contribution is 5.91. The molecule has 5 rings (SSSR count). The van der Waals surface area contributed by atoms with Gasteiger partial charge in [-0.25, -0.2) is 24.1 Å². The number of benzene rings is 1. The number of aliphatic carboxylic acids is 1. The van der Waals surface area contributed by atoms with E-state index in [2.05, 4.69) is 9.97 Å². The molecule has 3 aromatic rings. The van der Waals surface area contributed by atoms with E-state index in [1.165, 1.54) is 25.4 Å². The first kappa shape index (κ1) is 37.5. The fourth-order valence-electron chi connectivity index (χ4n) is 6.45. The van der Waals surface area contributed by atoms with Gasteiger partial charge in [-0.1, -0.05) is 6.92 Å². The van der Waals surface area contributed by atoms with Crippen LogP contribution in [0.2, 0.25) is 0 Å². The number of nitrogens with zero attached hydrogens (tertiary/aromatic N) is 5. The topological polar surface area (TPSA) is 144 Å². The summed E-state index contributed by atoms with van der Waals surface area (Å²) in [5.41, 5.74) is 2.81. The summed E-state index contributed by atoms with van der Waals surface area (Å²) in [6.45, 7) is 0.668. The monoisotopic (exact) mass is 728 g/mol. The number of ether oxygens (including phenoxy) is 2. The summed E-state index contributed by atoms with van der Waals surface area (Å²) in [7, 11) is 1.36. The first-order chi connectivity index (χ1) is 24.0. The van der Waals surface area contributed by atoms with E-state index in [1.54, 1.807) is 11.8 Å². The van der Waals surface area contributed by atoms with Crippen molar-refractivity contribution in [1.82, 2.24) is 15.0 Å². The van der Waals surface area contributed by atoms with E-state index in [0.717, 1.165) is 4.90 Å². The number of halogens is 7. The van der Waals surface area contributed by atoms with Crippen LogP contribution in [0.5, 0.6) is 5.88 Å². The van der Waals surface area contributed by atoms with Crippen LogP contribution in [0.1, 0.15) is 72.4 Å². The van der Waals surface area contributed by atoms with Gasteiger partial charge in [0, 0.05) is 25.6 Å². The number of amides is 1. The number of carboxylic acid groups (broad SMARTS) is 1. The maximum absolute atomic E-state index is 13.8. The predicted octanol–water partition coefficient (Wildman–Crippen LogP) is 6.32. The van der Waals surface area contributed by atoms with Gasteiger partial charge in [0.05, 0.1) is 59.0 Å². The summed E-state index contributed by atoms with van der Waals surface area (Å²) in [6, 6.07) is 4.27. The van der Waals surface area contributed by atoms with Gasteiger partial charge in [0.15, 0.2) is 0 Å². The molecule has 4 heterocycles. The van der Waals surface area contributed by atoms with E-state index >= 15 is 0 Å². The molecule has 1 saturated heterocycles. The Balaban J connectivity index is 1.66. The fraction of sp³-hybridized carbons (Fsp3) is 0.485. The summed E-state index contributed by atoms with van der Waals surface area (Å²) in [5, 5.41) is 9.48. The standard InChI is InChI=1S/C33H35F7N6O5/c1-3-31(41)16-22(27-24(4-5-26(44-27)50-2)46(31)30(49)51-11-8-34)28-42-17-25(45-9-6-19(7-10-45)29(47)48)23(43-28)14-18-12-20(32(35,36)37)15-21(13-18)33(38,39)40/h4-5,12-13,15,17,19,22H,3,6-11,14,16,41H2,1-2H3,(H,47,48)/t22-,31+/m0/s1. The minimum absolute atomic E-state index is 0.0421. The third-order valence-corrected chi connectivity index (χ3v) is 9.14. The predicted molar refractivity (Wildman–Crippen MR) is 168 cm³/mol. The molecule has 0 aliphatic carbocycles. The van der Waals surface area contributed by atoms with Crippen molar-refractivity contribution >= 4 is 23.4 Å². The zero-order chi connectivity index (χ0) is 37.3. The van der Waals surface area contributed by atoms with Gasteiger partial charge in [0.2, 0.25) is 5.88 Å². The smallest absolute Gasteiger partial charge is 0.416 e. The van der Waals surface area contributed by atoms with Crippen molar-refractivity contribution in [2.24, 2.45) is 11.7 Å². The van der Waals surface area contributed by atoms with Gasteiger partial charge in [-0.15, -0.1) is 0 Å². The highest BCUT2D eigenvalue weighted by atomic mass is 19.4. The molecule has 51 heavy (non-hydrogen) atoms. The Morgan fingerprint density at radius 2 is 1.67 bits per heavy atom. The van der Waals surface area contributed by atoms with Crippen LogP contribution in [-0.2, 0) is 28.3 Å². The van der Waals surface area contributed by atoms with Crippen LogP contribution in [-0.4, -0.2) is 71.3 Å². The zero-order valence-electron chi connectivity index (χ0n) is 27.5. The second-order valence-corrected chi connectivity index (χ2v) is 12.4. The van der Waals surface area contributed by atoms with Crippen molar-refractivity contribution in [2.45, 2.75) is 63.0 Å². The molecule has 276 valence electrons. The minimum Gasteiger partial charge on any atom is -0.481 e. The Kier molecular flexibility index (Phi) is 10.6. The summed E-state index contributed by atoms with van der Waals surface area (Å²) in [6.07, 6.45) is -9.61. The van der Waals surface area contributed by atoms with Crippen LogP contribution in [0.4, 0.5) is 46.9 Å². The van der Waals surface area contributed by atoms with Gasteiger partial charge in [-0.2, -0.15) is 26.3 Å². The van der Waals surface area contributed by atoms with Gasteiger partial charge < -0.3 is 25.2 Å². The van der Waals surface area contributed by atoms with Gasteiger partial charge >= 0.3 is 24.4 Å².